The van der Waals surface area contributed by atoms with Crippen molar-refractivity contribution in [3.05, 3.63) is 94.6 Å². The predicted molar refractivity (Wildman–Crippen MR) is 97.9 cm³/mol. The summed E-state index contributed by atoms with van der Waals surface area (Å²) in [6.07, 6.45) is 3.58. The molecule has 0 saturated carbocycles. The molecule has 0 spiro atoms. The summed E-state index contributed by atoms with van der Waals surface area (Å²) >= 11 is 0. The van der Waals surface area contributed by atoms with Gasteiger partial charge in [0.25, 0.3) is 0 Å². The third-order valence-corrected chi connectivity index (χ3v) is 4.90. The fourth-order valence-corrected chi connectivity index (χ4v) is 3.59. The molecule has 0 N–H and O–H groups in total. The van der Waals surface area contributed by atoms with Crippen LogP contribution in [0.25, 0.3) is 0 Å². The Balaban J connectivity index is 1.78. The number of nitrogens with zero attached hydrogens (tertiary/aromatic N) is 1. The lowest BCUT2D eigenvalue weighted by Gasteiger charge is -2.36. The van der Waals surface area contributed by atoms with E-state index >= 15 is 0 Å². The number of aryl methyl sites for hydroxylation is 1. The van der Waals surface area contributed by atoms with Crippen LogP contribution in [0.4, 0.5) is 0 Å². The van der Waals surface area contributed by atoms with E-state index in [0.29, 0.717) is 6.42 Å². The minimum Gasteiger partial charge on any atom is -0.363 e. The first kappa shape index (κ1) is 17.4. The van der Waals surface area contributed by atoms with E-state index in [4.69, 9.17) is 4.74 Å². The number of benzene rings is 2. The summed E-state index contributed by atoms with van der Waals surface area (Å²) in [7, 11) is 0. The van der Waals surface area contributed by atoms with E-state index < -0.39 is 12.1 Å². The third-order valence-electron chi connectivity index (χ3n) is 4.90. The smallest absolute Gasteiger partial charge is 0.249 e. The van der Waals surface area contributed by atoms with Gasteiger partial charge in [-0.1, -0.05) is 66.7 Å². The zero-order valence-electron chi connectivity index (χ0n) is 14.2. The maximum Gasteiger partial charge on any atom is 0.249 e. The van der Waals surface area contributed by atoms with Crippen molar-refractivity contribution in [1.82, 2.24) is 0 Å². The topological polar surface area (TPSA) is 52.4 Å². The molecule has 0 radical (unpaired) electrons. The van der Waals surface area contributed by atoms with Crippen molar-refractivity contribution in [2.24, 2.45) is 5.92 Å². The van der Waals surface area contributed by atoms with Crippen LogP contribution in [0.1, 0.15) is 30.1 Å². The van der Waals surface area contributed by atoms with E-state index in [2.05, 4.69) is 18.7 Å². The number of rotatable bonds is 6. The second-order valence-corrected chi connectivity index (χ2v) is 6.52. The minimum absolute atomic E-state index is 0.00962. The van der Waals surface area contributed by atoms with Crippen LogP contribution in [0.5, 0.6) is 0 Å². The zero-order valence-corrected chi connectivity index (χ0v) is 14.2. The molecule has 4 atom stereocenters. The summed E-state index contributed by atoms with van der Waals surface area (Å²) in [5.41, 5.74) is 2.12. The Morgan fingerprint density at radius 1 is 1.12 bits per heavy atom. The quantitative estimate of drug-likeness (QED) is 0.440. The van der Waals surface area contributed by atoms with Crippen molar-refractivity contribution in [2.45, 2.75) is 37.5 Å². The molecule has 0 aliphatic carbocycles. The Bertz CT molecular complexity index is 702. The number of hydrogen-bond acceptors (Lipinski definition) is 3. The molecule has 0 amide bonds. The molecule has 0 unspecified atom stereocenters. The van der Waals surface area contributed by atoms with Crippen molar-refractivity contribution in [2.75, 3.05) is 0 Å². The SMILES string of the molecule is C=C[C@H]1C[C@@H](CCc2ccccc2)O[C@@H](c2ccccc2)[C@H]1[N+](=O)[O-]. The van der Waals surface area contributed by atoms with Crippen molar-refractivity contribution in [3.63, 3.8) is 0 Å². The average Bonchev–Trinajstić information content (AvgIpc) is 2.67. The summed E-state index contributed by atoms with van der Waals surface area (Å²) < 4.78 is 6.21. The van der Waals surface area contributed by atoms with Crippen molar-refractivity contribution < 1.29 is 9.66 Å². The maximum absolute atomic E-state index is 11.7. The van der Waals surface area contributed by atoms with Gasteiger partial charge in [-0.05, 0) is 30.4 Å². The Hall–Kier alpha value is -2.46. The molecule has 4 heteroatoms. The summed E-state index contributed by atoms with van der Waals surface area (Å²) in [5.74, 6) is -0.185. The van der Waals surface area contributed by atoms with E-state index in [9.17, 15) is 10.1 Å². The van der Waals surface area contributed by atoms with Gasteiger partial charge in [-0.2, -0.15) is 0 Å². The molecule has 1 heterocycles. The largest absolute Gasteiger partial charge is 0.363 e. The van der Waals surface area contributed by atoms with Crippen molar-refractivity contribution in [1.29, 1.82) is 0 Å². The van der Waals surface area contributed by atoms with E-state index in [1.54, 1.807) is 6.08 Å². The second-order valence-electron chi connectivity index (χ2n) is 6.52. The Morgan fingerprint density at radius 3 is 2.36 bits per heavy atom. The molecule has 1 saturated heterocycles. The van der Waals surface area contributed by atoms with E-state index in [-0.39, 0.29) is 16.9 Å². The van der Waals surface area contributed by atoms with Gasteiger partial charge in [0.15, 0.2) is 6.10 Å². The molecule has 2 aromatic carbocycles. The molecule has 25 heavy (non-hydrogen) atoms. The van der Waals surface area contributed by atoms with Gasteiger partial charge in [-0.3, -0.25) is 10.1 Å². The van der Waals surface area contributed by atoms with Crippen LogP contribution < -0.4 is 0 Å². The fourth-order valence-electron chi connectivity index (χ4n) is 3.59. The molecular formula is C21H23NO3. The molecule has 3 rings (SSSR count). The molecule has 4 nitrogen and oxygen atoms in total. The van der Waals surface area contributed by atoms with Crippen LogP contribution in [0.3, 0.4) is 0 Å². The van der Waals surface area contributed by atoms with Gasteiger partial charge in [0, 0.05) is 10.8 Å². The van der Waals surface area contributed by atoms with Gasteiger partial charge in [-0.25, -0.2) is 0 Å². The molecular weight excluding hydrogens is 314 g/mol. The second kappa shape index (κ2) is 8.08. The van der Waals surface area contributed by atoms with Crippen LogP contribution >= 0.6 is 0 Å². The Morgan fingerprint density at radius 2 is 1.76 bits per heavy atom. The zero-order chi connectivity index (χ0) is 17.6. The average molecular weight is 337 g/mol. The van der Waals surface area contributed by atoms with Gasteiger partial charge < -0.3 is 4.74 Å². The molecule has 1 aliphatic heterocycles. The predicted octanol–water partition coefficient (Wildman–Crippen LogP) is 4.60. The summed E-state index contributed by atoms with van der Waals surface area (Å²) in [6.45, 7) is 3.84. The van der Waals surface area contributed by atoms with Crippen LogP contribution in [-0.4, -0.2) is 17.1 Å². The van der Waals surface area contributed by atoms with Crippen LogP contribution in [0.2, 0.25) is 0 Å². The molecule has 1 fully saturated rings. The summed E-state index contributed by atoms with van der Waals surface area (Å²) in [6, 6.07) is 19.0. The van der Waals surface area contributed by atoms with Crippen LogP contribution in [0.15, 0.2) is 73.3 Å². The van der Waals surface area contributed by atoms with Crippen molar-refractivity contribution >= 4 is 0 Å². The summed E-state index contributed by atoms with van der Waals surface area (Å²) in [4.78, 5) is 11.5. The first-order valence-electron chi connectivity index (χ1n) is 8.69. The standard InChI is InChI=1S/C21H23NO3/c1-2-17-15-19(14-13-16-9-5-3-6-10-16)25-21(20(17)22(23)24)18-11-7-4-8-12-18/h2-12,17,19-21H,1,13-15H2/t17-,19+,20-,21-/m0/s1. The molecule has 130 valence electrons. The highest BCUT2D eigenvalue weighted by Gasteiger charge is 2.45. The molecule has 0 bridgehead atoms. The highest BCUT2D eigenvalue weighted by molar-refractivity contribution is 5.21. The van der Waals surface area contributed by atoms with Crippen LogP contribution in [-0.2, 0) is 11.2 Å². The number of ether oxygens (including phenoxy) is 1. The first-order valence-corrected chi connectivity index (χ1v) is 8.69. The molecule has 1 aliphatic rings. The molecule has 0 aromatic heterocycles. The van der Waals surface area contributed by atoms with Gasteiger partial charge in [0.1, 0.15) is 0 Å². The van der Waals surface area contributed by atoms with Gasteiger partial charge in [-0.15, -0.1) is 6.58 Å². The van der Waals surface area contributed by atoms with Crippen molar-refractivity contribution in [3.8, 4) is 0 Å². The van der Waals surface area contributed by atoms with Gasteiger partial charge >= 0.3 is 0 Å². The van der Waals surface area contributed by atoms with Gasteiger partial charge in [0.2, 0.25) is 6.04 Å². The fraction of sp³-hybridized carbons (Fsp3) is 0.333. The highest BCUT2D eigenvalue weighted by Crippen LogP contribution is 2.38. The normalized spacial score (nSPS) is 26.1. The highest BCUT2D eigenvalue weighted by atomic mass is 16.6. The lowest BCUT2D eigenvalue weighted by molar-refractivity contribution is -0.551. The lowest BCUT2D eigenvalue weighted by Crippen LogP contribution is -2.44. The first-order chi connectivity index (χ1) is 12.2. The van der Waals surface area contributed by atoms with Gasteiger partial charge in [0.05, 0.1) is 6.10 Å². The monoisotopic (exact) mass is 337 g/mol. The Kier molecular flexibility index (Phi) is 5.61. The lowest BCUT2D eigenvalue weighted by atomic mass is 9.83. The van der Waals surface area contributed by atoms with E-state index in [1.165, 1.54) is 5.56 Å². The third kappa shape index (κ3) is 4.15. The maximum atomic E-state index is 11.7. The van der Waals surface area contributed by atoms with E-state index in [1.807, 2.05) is 48.5 Å². The number of nitro groups is 1. The summed E-state index contributed by atoms with van der Waals surface area (Å²) in [5, 5.41) is 11.7. The number of hydrogen-bond donors (Lipinski definition) is 0. The Labute approximate surface area is 148 Å². The molecule has 2 aromatic rings. The van der Waals surface area contributed by atoms with Crippen LogP contribution in [0, 0.1) is 16.0 Å². The van der Waals surface area contributed by atoms with E-state index in [0.717, 1.165) is 18.4 Å². The minimum atomic E-state index is -0.784.